The summed E-state index contributed by atoms with van der Waals surface area (Å²) in [5, 5.41) is 15.5. The summed E-state index contributed by atoms with van der Waals surface area (Å²) < 4.78 is 15.7. The molecule has 7 nitrogen and oxygen atoms in total. The first-order valence-electron chi connectivity index (χ1n) is 11.2. The molecule has 32 heavy (non-hydrogen) atoms. The molecular formula is C24H34FN3O4. The summed E-state index contributed by atoms with van der Waals surface area (Å²) in [4.78, 5) is 33.6. The number of halogens is 1. The molecule has 3 rings (SSSR count). The van der Waals surface area contributed by atoms with Crippen molar-refractivity contribution in [1.82, 2.24) is 15.1 Å². The lowest BCUT2D eigenvalue weighted by molar-refractivity contribution is -0.136. The van der Waals surface area contributed by atoms with Crippen LogP contribution in [0.15, 0.2) is 18.2 Å². The standard InChI is InChI=1S/C21H28FN3O2.C3H6O2/c1-21(2,3)18(13-26)23-20(27)19-16-11-15(22)9-10-17(16)25(24-19)12-14-7-5-4-6-8-14;1-2-3(4)5/h9-11,13-14,18H,4-8,12H2,1-3H3,(H,23,27);2H2,1H3,(H,4,5). The first-order valence-corrected chi connectivity index (χ1v) is 11.2. The number of aromatic nitrogens is 2. The van der Waals surface area contributed by atoms with Gasteiger partial charge in [0.1, 0.15) is 12.1 Å². The van der Waals surface area contributed by atoms with Crippen molar-refractivity contribution in [1.29, 1.82) is 0 Å². The Hall–Kier alpha value is -2.77. The van der Waals surface area contributed by atoms with Gasteiger partial charge in [-0.05, 0) is 42.4 Å². The summed E-state index contributed by atoms with van der Waals surface area (Å²) in [6, 6.07) is 3.78. The number of nitrogens with one attached hydrogen (secondary N) is 1. The van der Waals surface area contributed by atoms with Crippen LogP contribution in [-0.4, -0.2) is 39.1 Å². The van der Waals surface area contributed by atoms with Crippen molar-refractivity contribution >= 4 is 29.1 Å². The van der Waals surface area contributed by atoms with Crippen LogP contribution in [0.2, 0.25) is 0 Å². The van der Waals surface area contributed by atoms with Crippen LogP contribution in [0.25, 0.3) is 10.9 Å². The van der Waals surface area contributed by atoms with Crippen LogP contribution in [0.4, 0.5) is 4.39 Å². The number of amides is 1. The van der Waals surface area contributed by atoms with Gasteiger partial charge in [0.2, 0.25) is 0 Å². The van der Waals surface area contributed by atoms with E-state index in [0.29, 0.717) is 11.3 Å². The normalized spacial score (nSPS) is 15.5. The molecule has 1 heterocycles. The molecule has 0 aliphatic heterocycles. The van der Waals surface area contributed by atoms with Gasteiger partial charge in [0.05, 0.1) is 11.6 Å². The highest BCUT2D eigenvalue weighted by atomic mass is 19.1. The number of carboxylic acids is 1. The van der Waals surface area contributed by atoms with Crippen molar-refractivity contribution in [2.24, 2.45) is 11.3 Å². The number of carbonyl (C=O) groups is 3. The summed E-state index contributed by atoms with van der Waals surface area (Å²) in [5.41, 5.74) is 0.519. The van der Waals surface area contributed by atoms with Crippen LogP contribution in [0.5, 0.6) is 0 Å². The molecule has 0 bridgehead atoms. The fraction of sp³-hybridized carbons (Fsp3) is 0.583. The number of aliphatic carboxylic acids is 1. The molecule has 1 fully saturated rings. The lowest BCUT2D eigenvalue weighted by Crippen LogP contribution is -2.45. The minimum Gasteiger partial charge on any atom is -0.481 e. The Morgan fingerprint density at radius 1 is 1.28 bits per heavy atom. The molecule has 2 aromatic rings. The third-order valence-corrected chi connectivity index (χ3v) is 5.74. The zero-order valence-electron chi connectivity index (χ0n) is 19.4. The fourth-order valence-corrected chi connectivity index (χ4v) is 3.74. The Morgan fingerprint density at radius 2 is 1.91 bits per heavy atom. The Morgan fingerprint density at radius 3 is 2.44 bits per heavy atom. The van der Waals surface area contributed by atoms with Gasteiger partial charge in [-0.3, -0.25) is 14.3 Å². The zero-order chi connectivity index (χ0) is 23.9. The smallest absolute Gasteiger partial charge is 0.303 e. The second-order valence-corrected chi connectivity index (χ2v) is 9.40. The van der Waals surface area contributed by atoms with Gasteiger partial charge in [0.15, 0.2) is 5.69 Å². The maximum Gasteiger partial charge on any atom is 0.303 e. The number of aldehydes is 1. The van der Waals surface area contributed by atoms with Gasteiger partial charge in [0.25, 0.3) is 5.91 Å². The number of hydrogen-bond acceptors (Lipinski definition) is 4. The molecule has 1 aromatic carbocycles. The van der Waals surface area contributed by atoms with Crippen LogP contribution < -0.4 is 5.32 Å². The van der Waals surface area contributed by atoms with E-state index < -0.39 is 29.2 Å². The highest BCUT2D eigenvalue weighted by Gasteiger charge is 2.28. The summed E-state index contributed by atoms with van der Waals surface area (Å²) >= 11 is 0. The average molecular weight is 448 g/mol. The molecule has 2 N–H and O–H groups in total. The van der Waals surface area contributed by atoms with E-state index in [1.54, 1.807) is 13.0 Å². The lowest BCUT2D eigenvalue weighted by Gasteiger charge is -2.26. The van der Waals surface area contributed by atoms with Crippen molar-refractivity contribution in [2.75, 3.05) is 0 Å². The molecule has 1 atom stereocenters. The summed E-state index contributed by atoms with van der Waals surface area (Å²) in [5.74, 6) is -1.07. The maximum absolute atomic E-state index is 13.8. The summed E-state index contributed by atoms with van der Waals surface area (Å²) in [7, 11) is 0. The van der Waals surface area contributed by atoms with Crippen LogP contribution in [0.1, 0.15) is 76.7 Å². The monoisotopic (exact) mass is 447 g/mol. The minimum absolute atomic E-state index is 0.177. The third-order valence-electron chi connectivity index (χ3n) is 5.74. The summed E-state index contributed by atoms with van der Waals surface area (Å²) in [6.07, 6.45) is 6.98. The fourth-order valence-electron chi connectivity index (χ4n) is 3.74. The second kappa shape index (κ2) is 11.2. The molecule has 1 aliphatic rings. The van der Waals surface area contributed by atoms with Gasteiger partial charge in [0, 0.05) is 18.4 Å². The Labute approximate surface area is 188 Å². The molecule has 176 valence electrons. The Balaban J connectivity index is 0.000000654. The van der Waals surface area contributed by atoms with Crippen molar-refractivity contribution < 1.29 is 23.9 Å². The third kappa shape index (κ3) is 6.87. The first kappa shape index (κ1) is 25.5. The van der Waals surface area contributed by atoms with Crippen molar-refractivity contribution in [3.63, 3.8) is 0 Å². The van der Waals surface area contributed by atoms with Crippen molar-refractivity contribution in [3.8, 4) is 0 Å². The van der Waals surface area contributed by atoms with Crippen molar-refractivity contribution in [2.45, 2.75) is 78.8 Å². The summed E-state index contributed by atoms with van der Waals surface area (Å²) in [6.45, 7) is 7.97. The van der Waals surface area contributed by atoms with E-state index in [-0.39, 0.29) is 12.1 Å². The van der Waals surface area contributed by atoms with E-state index in [4.69, 9.17) is 5.11 Å². The van der Waals surface area contributed by atoms with Gasteiger partial charge in [-0.1, -0.05) is 47.0 Å². The van der Waals surface area contributed by atoms with Crippen LogP contribution in [-0.2, 0) is 16.1 Å². The minimum atomic E-state index is -0.745. The maximum atomic E-state index is 13.8. The number of carbonyl (C=O) groups excluding carboxylic acids is 2. The SMILES string of the molecule is CC(C)(C)C(C=O)NC(=O)c1nn(CC2CCCCC2)c2ccc(F)cc12.CCC(=O)O. The molecule has 1 amide bonds. The van der Waals surface area contributed by atoms with Gasteiger partial charge in [-0.25, -0.2) is 4.39 Å². The van der Waals surface area contributed by atoms with E-state index in [1.165, 1.54) is 31.4 Å². The quantitative estimate of drug-likeness (QED) is 0.631. The molecule has 1 saturated carbocycles. The largest absolute Gasteiger partial charge is 0.481 e. The van der Waals surface area contributed by atoms with Gasteiger partial charge in [-0.15, -0.1) is 0 Å². The van der Waals surface area contributed by atoms with Crippen LogP contribution >= 0.6 is 0 Å². The van der Waals surface area contributed by atoms with Crippen LogP contribution in [0, 0.1) is 17.2 Å². The number of hydrogen-bond donors (Lipinski definition) is 2. The molecule has 1 aromatic heterocycles. The number of benzene rings is 1. The molecule has 0 saturated heterocycles. The Kier molecular flexibility index (Phi) is 8.92. The predicted octanol–water partition coefficient (Wildman–Crippen LogP) is 4.58. The van der Waals surface area contributed by atoms with Gasteiger partial charge >= 0.3 is 5.97 Å². The Bertz CT molecular complexity index is 943. The number of rotatable bonds is 6. The molecule has 0 spiro atoms. The molecule has 0 radical (unpaired) electrons. The molecule has 1 aliphatic carbocycles. The topological polar surface area (TPSA) is 101 Å². The first-order chi connectivity index (χ1) is 15.1. The predicted molar refractivity (Wildman–Crippen MR) is 121 cm³/mol. The van der Waals surface area contributed by atoms with Gasteiger partial charge in [-0.2, -0.15) is 5.10 Å². The second-order valence-electron chi connectivity index (χ2n) is 9.40. The average Bonchev–Trinajstić information content (AvgIpc) is 3.09. The van der Waals surface area contributed by atoms with E-state index in [1.807, 2.05) is 25.5 Å². The van der Waals surface area contributed by atoms with Crippen LogP contribution in [0.3, 0.4) is 0 Å². The van der Waals surface area contributed by atoms with Crippen molar-refractivity contribution in [3.05, 3.63) is 29.7 Å². The highest BCUT2D eigenvalue weighted by Crippen LogP contribution is 2.28. The van der Waals surface area contributed by atoms with Gasteiger partial charge < -0.3 is 15.2 Å². The zero-order valence-corrected chi connectivity index (χ0v) is 19.4. The van der Waals surface area contributed by atoms with E-state index in [9.17, 15) is 18.8 Å². The molecular weight excluding hydrogens is 413 g/mol. The lowest BCUT2D eigenvalue weighted by atomic mass is 9.87. The highest BCUT2D eigenvalue weighted by molar-refractivity contribution is 6.05. The number of fused-ring (bicyclic) bond motifs is 1. The molecule has 8 heteroatoms. The number of nitrogens with zero attached hydrogens (tertiary/aromatic N) is 2. The number of carboxylic acid groups (broad SMARTS) is 1. The van der Waals surface area contributed by atoms with E-state index in [2.05, 4.69) is 10.4 Å². The van der Waals surface area contributed by atoms with E-state index >= 15 is 0 Å². The molecule has 1 unspecified atom stereocenters. The van der Waals surface area contributed by atoms with E-state index in [0.717, 1.165) is 31.2 Å².